The number of hydrogen-bond acceptors (Lipinski definition) is 5. The molecule has 0 spiro atoms. The van der Waals surface area contributed by atoms with Crippen LogP contribution in [0.2, 0.25) is 0 Å². The summed E-state index contributed by atoms with van der Waals surface area (Å²) in [5.74, 6) is -1.57. The van der Waals surface area contributed by atoms with Crippen LogP contribution in [0.25, 0.3) is 10.2 Å². The first-order valence-corrected chi connectivity index (χ1v) is 12.0. The van der Waals surface area contributed by atoms with E-state index in [2.05, 4.69) is 30.7 Å². The predicted octanol–water partition coefficient (Wildman–Crippen LogP) is 5.66. The van der Waals surface area contributed by atoms with Gasteiger partial charge in [0.05, 0.1) is 17.9 Å². The smallest absolute Gasteiger partial charge is 0.260 e. The SMILES string of the molecule is CC(C)(C)c1ccc(C(=O)N(CCCN2CCOCC2)c2nc3c(F)cc(F)cc3s2)cc1.Cl. The molecule has 1 aromatic heterocycles. The van der Waals surface area contributed by atoms with Crippen LogP contribution in [0.5, 0.6) is 0 Å². The summed E-state index contributed by atoms with van der Waals surface area (Å²) < 4.78 is 33.8. The number of fused-ring (bicyclic) bond motifs is 1. The van der Waals surface area contributed by atoms with Gasteiger partial charge in [0.15, 0.2) is 10.9 Å². The Bertz CT molecular complexity index is 1130. The van der Waals surface area contributed by atoms with Gasteiger partial charge in [0.2, 0.25) is 0 Å². The second kappa shape index (κ2) is 11.1. The van der Waals surface area contributed by atoms with Crippen LogP contribution in [0, 0.1) is 11.6 Å². The minimum atomic E-state index is -0.720. The lowest BCUT2D eigenvalue weighted by molar-refractivity contribution is 0.0376. The molecule has 4 rings (SSSR count). The van der Waals surface area contributed by atoms with E-state index in [1.54, 1.807) is 4.90 Å². The van der Waals surface area contributed by atoms with E-state index >= 15 is 0 Å². The first-order valence-electron chi connectivity index (χ1n) is 11.2. The molecule has 0 saturated carbocycles. The van der Waals surface area contributed by atoms with Crippen LogP contribution in [-0.4, -0.2) is 55.2 Å². The normalized spacial score (nSPS) is 14.7. The van der Waals surface area contributed by atoms with Crippen molar-refractivity contribution in [1.82, 2.24) is 9.88 Å². The topological polar surface area (TPSA) is 45.7 Å². The Labute approximate surface area is 209 Å². The van der Waals surface area contributed by atoms with E-state index in [0.717, 1.165) is 49.0 Å². The lowest BCUT2D eigenvalue weighted by Crippen LogP contribution is -2.39. The summed E-state index contributed by atoms with van der Waals surface area (Å²) in [5.41, 5.74) is 1.75. The quantitative estimate of drug-likeness (QED) is 0.430. The monoisotopic (exact) mass is 509 g/mol. The number of anilines is 1. The lowest BCUT2D eigenvalue weighted by Gasteiger charge is -2.28. The third-order valence-electron chi connectivity index (χ3n) is 5.84. The summed E-state index contributed by atoms with van der Waals surface area (Å²) in [6.07, 6.45) is 0.735. The molecule has 0 bridgehead atoms. The van der Waals surface area contributed by atoms with Crippen molar-refractivity contribution in [3.63, 3.8) is 0 Å². The maximum absolute atomic E-state index is 14.3. The van der Waals surface area contributed by atoms with Gasteiger partial charge in [0.25, 0.3) is 5.91 Å². The average molecular weight is 510 g/mol. The molecule has 1 aliphatic rings. The largest absolute Gasteiger partial charge is 0.379 e. The van der Waals surface area contributed by atoms with Crippen molar-refractivity contribution in [3.8, 4) is 0 Å². The van der Waals surface area contributed by atoms with E-state index < -0.39 is 11.6 Å². The van der Waals surface area contributed by atoms with E-state index in [1.165, 1.54) is 6.07 Å². The van der Waals surface area contributed by atoms with Crippen LogP contribution in [0.15, 0.2) is 36.4 Å². The summed E-state index contributed by atoms with van der Waals surface area (Å²) in [6.45, 7) is 10.8. The van der Waals surface area contributed by atoms with E-state index in [-0.39, 0.29) is 29.2 Å². The molecule has 184 valence electrons. The van der Waals surface area contributed by atoms with Gasteiger partial charge in [-0.1, -0.05) is 44.2 Å². The van der Waals surface area contributed by atoms with Crippen molar-refractivity contribution < 1.29 is 18.3 Å². The van der Waals surface area contributed by atoms with Gasteiger partial charge in [-0.2, -0.15) is 0 Å². The van der Waals surface area contributed by atoms with Crippen LogP contribution < -0.4 is 4.90 Å². The van der Waals surface area contributed by atoms with Gasteiger partial charge in [-0.3, -0.25) is 14.6 Å². The van der Waals surface area contributed by atoms with Gasteiger partial charge in [-0.25, -0.2) is 13.8 Å². The summed E-state index contributed by atoms with van der Waals surface area (Å²) >= 11 is 1.13. The summed E-state index contributed by atoms with van der Waals surface area (Å²) in [4.78, 5) is 21.8. The molecule has 1 aliphatic heterocycles. The number of ether oxygens (including phenoxy) is 1. The van der Waals surface area contributed by atoms with Crippen molar-refractivity contribution >= 4 is 45.0 Å². The second-order valence-electron chi connectivity index (χ2n) is 9.32. The molecule has 0 N–H and O–H groups in total. The van der Waals surface area contributed by atoms with E-state index in [4.69, 9.17) is 4.74 Å². The summed E-state index contributed by atoms with van der Waals surface area (Å²) in [6, 6.07) is 9.66. The Kier molecular flexibility index (Phi) is 8.62. The first-order chi connectivity index (χ1) is 15.7. The number of nitrogens with zero attached hydrogens (tertiary/aromatic N) is 3. The fourth-order valence-corrected chi connectivity index (χ4v) is 4.92. The third-order valence-corrected chi connectivity index (χ3v) is 6.86. The van der Waals surface area contributed by atoms with Crippen LogP contribution in [0.3, 0.4) is 0 Å². The summed E-state index contributed by atoms with van der Waals surface area (Å²) in [5, 5.41) is 0.376. The van der Waals surface area contributed by atoms with Crippen molar-refractivity contribution in [2.75, 3.05) is 44.3 Å². The first kappa shape index (κ1) is 26.5. The Morgan fingerprint density at radius 3 is 2.47 bits per heavy atom. The highest BCUT2D eigenvalue weighted by Crippen LogP contribution is 2.32. The number of carbonyl (C=O) groups is 1. The minimum absolute atomic E-state index is 0. The lowest BCUT2D eigenvalue weighted by atomic mass is 9.86. The van der Waals surface area contributed by atoms with E-state index in [0.29, 0.717) is 35.2 Å². The van der Waals surface area contributed by atoms with Gasteiger partial charge >= 0.3 is 0 Å². The fraction of sp³-hybridized carbons (Fsp3) is 0.440. The fourth-order valence-electron chi connectivity index (χ4n) is 3.89. The molecular formula is C25H30ClF2N3O2S. The standard InChI is InChI=1S/C25H29F2N3O2S.ClH/c1-25(2,3)18-7-5-17(6-8-18)23(31)30(10-4-9-29-11-13-32-14-12-29)24-28-22-20(27)15-19(26)16-21(22)33-24;/h5-8,15-16H,4,9-14H2,1-3H3;1H. The Hall–Kier alpha value is -2.13. The van der Waals surface area contributed by atoms with Gasteiger partial charge < -0.3 is 4.74 Å². The minimum Gasteiger partial charge on any atom is -0.379 e. The Morgan fingerprint density at radius 2 is 1.82 bits per heavy atom. The number of thiazole rings is 1. The van der Waals surface area contributed by atoms with Crippen LogP contribution in [0.1, 0.15) is 43.1 Å². The molecule has 5 nitrogen and oxygen atoms in total. The molecular weight excluding hydrogens is 480 g/mol. The number of rotatable bonds is 6. The maximum atomic E-state index is 14.3. The zero-order chi connectivity index (χ0) is 23.6. The van der Waals surface area contributed by atoms with Crippen molar-refractivity contribution in [3.05, 3.63) is 59.2 Å². The molecule has 2 heterocycles. The number of halogens is 3. The van der Waals surface area contributed by atoms with Crippen molar-refractivity contribution in [2.24, 2.45) is 0 Å². The second-order valence-corrected chi connectivity index (χ2v) is 10.3. The van der Waals surface area contributed by atoms with Crippen molar-refractivity contribution in [1.29, 1.82) is 0 Å². The van der Waals surface area contributed by atoms with Crippen LogP contribution in [-0.2, 0) is 10.2 Å². The number of benzene rings is 2. The van der Waals surface area contributed by atoms with Gasteiger partial charge in [-0.05, 0) is 35.6 Å². The molecule has 0 unspecified atom stereocenters. The number of amides is 1. The molecule has 1 amide bonds. The third kappa shape index (κ3) is 6.10. The van der Waals surface area contributed by atoms with E-state index in [1.807, 2.05) is 24.3 Å². The average Bonchev–Trinajstić information content (AvgIpc) is 3.20. The number of hydrogen-bond donors (Lipinski definition) is 0. The molecule has 1 saturated heterocycles. The summed E-state index contributed by atoms with van der Waals surface area (Å²) in [7, 11) is 0. The van der Waals surface area contributed by atoms with E-state index in [9.17, 15) is 13.6 Å². The van der Waals surface area contributed by atoms with Gasteiger partial charge in [0, 0.05) is 37.8 Å². The highest BCUT2D eigenvalue weighted by Gasteiger charge is 2.24. The van der Waals surface area contributed by atoms with Crippen LogP contribution >= 0.6 is 23.7 Å². The van der Waals surface area contributed by atoms with Gasteiger partial charge in [0.1, 0.15) is 11.3 Å². The maximum Gasteiger partial charge on any atom is 0.260 e. The van der Waals surface area contributed by atoms with Crippen molar-refractivity contribution in [2.45, 2.75) is 32.6 Å². The molecule has 0 radical (unpaired) electrons. The molecule has 3 aromatic rings. The number of morpholine rings is 1. The molecule has 0 atom stereocenters. The highest BCUT2D eigenvalue weighted by atomic mass is 35.5. The molecule has 2 aromatic carbocycles. The molecule has 9 heteroatoms. The van der Waals surface area contributed by atoms with Crippen LogP contribution in [0.4, 0.5) is 13.9 Å². The Balaban J connectivity index is 0.00000324. The molecule has 1 fully saturated rings. The molecule has 34 heavy (non-hydrogen) atoms. The Morgan fingerprint density at radius 1 is 1.15 bits per heavy atom. The zero-order valence-electron chi connectivity index (χ0n) is 19.6. The van der Waals surface area contributed by atoms with Gasteiger partial charge in [-0.15, -0.1) is 12.4 Å². The number of aromatic nitrogens is 1. The highest BCUT2D eigenvalue weighted by molar-refractivity contribution is 7.22. The zero-order valence-corrected chi connectivity index (χ0v) is 21.3. The predicted molar refractivity (Wildman–Crippen MR) is 135 cm³/mol. The molecule has 0 aliphatic carbocycles. The number of carbonyl (C=O) groups excluding carboxylic acids is 1.